The second-order valence-electron chi connectivity index (χ2n) is 7.87. The lowest BCUT2D eigenvalue weighted by molar-refractivity contribution is -0.848. The normalized spacial score (nSPS) is 12.4. The van der Waals surface area contributed by atoms with E-state index >= 15 is 0 Å². The van der Waals surface area contributed by atoms with Crippen LogP contribution < -0.4 is 5.06 Å². The van der Waals surface area contributed by atoms with E-state index in [1.54, 1.807) is 0 Å². The first-order valence-corrected chi connectivity index (χ1v) is 11.4. The van der Waals surface area contributed by atoms with E-state index in [2.05, 4.69) is 19.1 Å². The second kappa shape index (κ2) is 17.5. The van der Waals surface area contributed by atoms with Crippen LogP contribution in [0.5, 0.6) is 0 Å². The van der Waals surface area contributed by atoms with Gasteiger partial charge in [-0.05, 0) is 18.4 Å². The molecule has 0 heterocycles. The highest BCUT2D eigenvalue weighted by Crippen LogP contribution is 2.12. The number of quaternary nitrogens is 1. The number of nitrogens with one attached hydrogen (secondary N) is 1. The van der Waals surface area contributed by atoms with Crippen LogP contribution >= 0.6 is 0 Å². The zero-order valence-corrected chi connectivity index (χ0v) is 17.3. The number of hydroxylamine groups is 2. The highest BCUT2D eigenvalue weighted by Gasteiger charge is 2.00. The number of hydrogen-bond donors (Lipinski definition) is 1. The summed E-state index contributed by atoms with van der Waals surface area (Å²) in [6.45, 7) is 3.78. The monoisotopic (exact) mass is 361 g/mol. The molecule has 1 rings (SSSR count). The van der Waals surface area contributed by atoms with Crippen molar-refractivity contribution in [1.82, 2.24) is 0 Å². The molecule has 2 nitrogen and oxygen atoms in total. The SMILES string of the molecule is CCCCCCCCCCCCCCCC[NH+]([O-])CCc1ccccc1. The summed E-state index contributed by atoms with van der Waals surface area (Å²) < 4.78 is 0. The molecule has 0 aliphatic rings. The van der Waals surface area contributed by atoms with Crippen LogP contribution in [0.2, 0.25) is 0 Å². The predicted molar refractivity (Wildman–Crippen MR) is 115 cm³/mol. The summed E-state index contributed by atoms with van der Waals surface area (Å²) in [4.78, 5) is 0. The highest BCUT2D eigenvalue weighted by atomic mass is 16.5. The molecule has 26 heavy (non-hydrogen) atoms. The summed E-state index contributed by atoms with van der Waals surface area (Å²) in [6.07, 6.45) is 20.1. The maximum absolute atomic E-state index is 11.9. The van der Waals surface area contributed by atoms with Gasteiger partial charge < -0.3 is 10.3 Å². The van der Waals surface area contributed by atoms with Crippen molar-refractivity contribution in [2.24, 2.45) is 0 Å². The van der Waals surface area contributed by atoms with Crippen molar-refractivity contribution in [3.8, 4) is 0 Å². The Morgan fingerprint density at radius 1 is 0.615 bits per heavy atom. The maximum atomic E-state index is 11.9. The van der Waals surface area contributed by atoms with Crippen molar-refractivity contribution in [3.63, 3.8) is 0 Å². The van der Waals surface area contributed by atoms with Crippen molar-refractivity contribution in [3.05, 3.63) is 41.1 Å². The number of benzene rings is 1. The number of hydrogen-bond acceptors (Lipinski definition) is 1. The first-order valence-electron chi connectivity index (χ1n) is 11.4. The van der Waals surface area contributed by atoms with Gasteiger partial charge in [-0.15, -0.1) is 0 Å². The van der Waals surface area contributed by atoms with Crippen molar-refractivity contribution in [2.75, 3.05) is 13.1 Å². The molecule has 1 atom stereocenters. The van der Waals surface area contributed by atoms with Crippen LogP contribution in [0.3, 0.4) is 0 Å². The third-order valence-electron chi connectivity index (χ3n) is 5.34. The van der Waals surface area contributed by atoms with E-state index in [-0.39, 0.29) is 0 Å². The fourth-order valence-electron chi connectivity index (χ4n) is 3.57. The molecule has 150 valence electrons. The van der Waals surface area contributed by atoms with E-state index < -0.39 is 0 Å². The molecule has 0 aliphatic heterocycles. The molecule has 0 saturated heterocycles. The summed E-state index contributed by atoms with van der Waals surface area (Å²) >= 11 is 0. The molecule has 1 unspecified atom stereocenters. The van der Waals surface area contributed by atoms with Gasteiger partial charge >= 0.3 is 0 Å². The molecule has 0 bridgehead atoms. The molecule has 0 saturated carbocycles. The van der Waals surface area contributed by atoms with E-state index in [0.717, 1.165) is 19.4 Å². The summed E-state index contributed by atoms with van der Waals surface area (Å²) in [5.74, 6) is 0. The molecule has 0 amide bonds. The molecule has 0 fully saturated rings. The van der Waals surface area contributed by atoms with E-state index in [0.29, 0.717) is 11.6 Å². The van der Waals surface area contributed by atoms with Gasteiger partial charge in [0.05, 0.1) is 13.1 Å². The zero-order valence-electron chi connectivity index (χ0n) is 17.3. The Bertz CT molecular complexity index is 392. The van der Waals surface area contributed by atoms with E-state index in [9.17, 15) is 5.21 Å². The van der Waals surface area contributed by atoms with Crippen molar-refractivity contribution in [1.29, 1.82) is 0 Å². The second-order valence-corrected chi connectivity index (χ2v) is 7.87. The Morgan fingerprint density at radius 3 is 1.58 bits per heavy atom. The first kappa shape index (κ1) is 23.2. The summed E-state index contributed by atoms with van der Waals surface area (Å²) in [5.41, 5.74) is 1.28. The Balaban J connectivity index is 1.77. The lowest BCUT2D eigenvalue weighted by atomic mass is 10.0. The van der Waals surface area contributed by atoms with Crippen LogP contribution in [-0.4, -0.2) is 13.1 Å². The maximum Gasteiger partial charge on any atom is 0.0809 e. The van der Waals surface area contributed by atoms with Gasteiger partial charge in [-0.2, -0.15) is 0 Å². The standard InChI is InChI=1S/C24H43NO/c1-2-3-4-5-6-7-8-9-10-11-12-13-14-18-22-25(26)23-21-24-19-16-15-17-20-24/h15-17,19-20,25H,2-14,18,21-23H2,1H3. The smallest absolute Gasteiger partial charge is 0.0809 e. The average molecular weight is 362 g/mol. The fourth-order valence-corrected chi connectivity index (χ4v) is 3.57. The van der Waals surface area contributed by atoms with Crippen LogP contribution in [-0.2, 0) is 6.42 Å². The van der Waals surface area contributed by atoms with Gasteiger partial charge in [0.1, 0.15) is 0 Å². The van der Waals surface area contributed by atoms with Crippen molar-refractivity contribution >= 4 is 0 Å². The molecule has 0 radical (unpaired) electrons. The Labute approximate surface area is 163 Å². The summed E-state index contributed by atoms with van der Waals surface area (Å²) in [6, 6.07) is 10.3. The lowest BCUT2D eigenvalue weighted by Gasteiger charge is -2.22. The molecule has 0 aromatic heterocycles. The van der Waals surface area contributed by atoms with E-state index in [4.69, 9.17) is 0 Å². The number of rotatable bonds is 18. The van der Waals surface area contributed by atoms with Gasteiger partial charge in [-0.3, -0.25) is 0 Å². The lowest BCUT2D eigenvalue weighted by Crippen LogP contribution is -3.07. The quantitative estimate of drug-likeness (QED) is 0.248. The van der Waals surface area contributed by atoms with Gasteiger partial charge in [0.2, 0.25) is 0 Å². The fraction of sp³-hybridized carbons (Fsp3) is 0.750. The predicted octanol–water partition coefficient (Wildman–Crippen LogP) is 6.09. The first-order chi connectivity index (χ1) is 12.8. The topological polar surface area (TPSA) is 27.5 Å². The molecule has 0 spiro atoms. The minimum Gasteiger partial charge on any atom is -0.634 e. The Kier molecular flexibility index (Phi) is 15.6. The highest BCUT2D eigenvalue weighted by molar-refractivity contribution is 5.14. The molecular formula is C24H43NO. The van der Waals surface area contributed by atoms with Gasteiger partial charge in [0.15, 0.2) is 0 Å². The Hall–Kier alpha value is -0.860. The van der Waals surface area contributed by atoms with E-state index in [1.165, 1.54) is 89.0 Å². The third-order valence-corrected chi connectivity index (χ3v) is 5.34. The van der Waals surface area contributed by atoms with Crippen molar-refractivity contribution < 1.29 is 5.06 Å². The molecule has 1 aromatic rings. The Morgan fingerprint density at radius 2 is 1.08 bits per heavy atom. The van der Waals surface area contributed by atoms with Crippen LogP contribution in [0.1, 0.15) is 102 Å². The average Bonchev–Trinajstić information content (AvgIpc) is 2.67. The third kappa shape index (κ3) is 14.3. The van der Waals surface area contributed by atoms with Crippen LogP contribution in [0.25, 0.3) is 0 Å². The number of unbranched alkanes of at least 4 members (excludes halogenated alkanes) is 13. The van der Waals surface area contributed by atoms with Gasteiger partial charge in [0.25, 0.3) is 0 Å². The van der Waals surface area contributed by atoms with E-state index in [1.807, 2.05) is 18.2 Å². The van der Waals surface area contributed by atoms with Gasteiger partial charge in [0, 0.05) is 6.42 Å². The van der Waals surface area contributed by atoms with Crippen LogP contribution in [0.15, 0.2) is 30.3 Å². The molecule has 0 aliphatic carbocycles. The minimum atomic E-state index is 0.438. The van der Waals surface area contributed by atoms with Crippen LogP contribution in [0, 0.1) is 5.21 Å². The molecule has 1 N–H and O–H groups in total. The molecular weight excluding hydrogens is 318 g/mol. The summed E-state index contributed by atoms with van der Waals surface area (Å²) in [5, 5.41) is 12.4. The summed E-state index contributed by atoms with van der Waals surface area (Å²) in [7, 11) is 0. The largest absolute Gasteiger partial charge is 0.634 e. The minimum absolute atomic E-state index is 0.438. The van der Waals surface area contributed by atoms with Crippen molar-refractivity contribution in [2.45, 2.75) is 103 Å². The van der Waals surface area contributed by atoms with Gasteiger partial charge in [-0.25, -0.2) is 0 Å². The van der Waals surface area contributed by atoms with Crippen LogP contribution in [0.4, 0.5) is 0 Å². The zero-order chi connectivity index (χ0) is 18.7. The molecule has 2 heteroatoms. The molecule has 1 aromatic carbocycles. The van der Waals surface area contributed by atoms with Gasteiger partial charge in [-0.1, -0.05) is 114 Å².